The number of methoxy groups -OCH3 is 1. The summed E-state index contributed by atoms with van der Waals surface area (Å²) in [5, 5.41) is 0. The Balaban J connectivity index is 1.76. The minimum atomic E-state index is -0.426. The summed E-state index contributed by atoms with van der Waals surface area (Å²) >= 11 is 0. The number of esters is 1. The van der Waals surface area contributed by atoms with Gasteiger partial charge in [0, 0.05) is 0 Å². The van der Waals surface area contributed by atoms with Crippen LogP contribution in [0.25, 0.3) is 0 Å². The first-order chi connectivity index (χ1) is 15.2. The van der Waals surface area contributed by atoms with E-state index >= 15 is 0 Å². The van der Waals surface area contributed by atoms with Gasteiger partial charge in [-0.25, -0.2) is 4.79 Å². The fraction of sp³-hybridized carbons (Fsp3) is 0.444. The molecule has 0 unspecified atom stereocenters. The van der Waals surface area contributed by atoms with Gasteiger partial charge in [0.15, 0.2) is 11.5 Å². The first-order valence-corrected chi connectivity index (χ1v) is 11.4. The molecule has 0 aromatic heterocycles. The van der Waals surface area contributed by atoms with E-state index in [1.807, 2.05) is 30.3 Å². The third-order valence-corrected chi connectivity index (χ3v) is 5.17. The number of ether oxygens (including phenoxy) is 3. The topological polar surface area (TPSA) is 44.8 Å². The molecule has 0 aliphatic carbocycles. The molecule has 0 aliphatic heterocycles. The van der Waals surface area contributed by atoms with Crippen LogP contribution in [-0.2, 0) is 6.42 Å². The van der Waals surface area contributed by atoms with Crippen LogP contribution >= 0.6 is 0 Å². The molecular formula is C27H36O4. The molecule has 0 saturated carbocycles. The summed E-state index contributed by atoms with van der Waals surface area (Å²) in [6.07, 6.45) is 12.7. The maximum atomic E-state index is 12.5. The van der Waals surface area contributed by atoms with E-state index in [0.29, 0.717) is 23.7 Å². The summed E-state index contributed by atoms with van der Waals surface area (Å²) in [4.78, 5) is 12.5. The predicted octanol–water partition coefficient (Wildman–Crippen LogP) is 7.16. The Morgan fingerprint density at radius 2 is 1.58 bits per heavy atom. The summed E-state index contributed by atoms with van der Waals surface area (Å²) in [7, 11) is 1.56. The Morgan fingerprint density at radius 3 is 2.23 bits per heavy atom. The number of allylic oxidation sites excluding steroid dienone is 1. The van der Waals surface area contributed by atoms with E-state index in [9.17, 15) is 4.79 Å². The SMILES string of the molecule is C=CCc1ccc(OC(=O)c2ccc(OCCCCCCCCCC)cc2)c(OC)c1. The Labute approximate surface area is 187 Å². The molecule has 4 heteroatoms. The molecule has 168 valence electrons. The summed E-state index contributed by atoms with van der Waals surface area (Å²) in [5.74, 6) is 1.27. The van der Waals surface area contributed by atoms with Crippen molar-refractivity contribution in [1.29, 1.82) is 0 Å². The van der Waals surface area contributed by atoms with Crippen LogP contribution in [-0.4, -0.2) is 19.7 Å². The van der Waals surface area contributed by atoms with Crippen molar-refractivity contribution in [3.05, 3.63) is 66.2 Å². The van der Waals surface area contributed by atoms with Crippen LogP contribution in [0.5, 0.6) is 17.2 Å². The molecule has 0 spiro atoms. The molecule has 0 aliphatic rings. The van der Waals surface area contributed by atoms with E-state index < -0.39 is 5.97 Å². The van der Waals surface area contributed by atoms with Gasteiger partial charge in [0.25, 0.3) is 0 Å². The van der Waals surface area contributed by atoms with Crippen LogP contribution in [0.1, 0.15) is 74.2 Å². The van der Waals surface area contributed by atoms with Gasteiger partial charge in [0.1, 0.15) is 5.75 Å². The third kappa shape index (κ3) is 8.87. The fourth-order valence-corrected chi connectivity index (χ4v) is 3.36. The Hall–Kier alpha value is -2.75. The lowest BCUT2D eigenvalue weighted by atomic mass is 10.1. The van der Waals surface area contributed by atoms with Crippen LogP contribution in [0.4, 0.5) is 0 Å². The Kier molecular flexibility index (Phi) is 11.3. The maximum absolute atomic E-state index is 12.5. The van der Waals surface area contributed by atoms with Gasteiger partial charge in [-0.05, 0) is 54.8 Å². The van der Waals surface area contributed by atoms with Gasteiger partial charge in [-0.15, -0.1) is 6.58 Å². The first-order valence-electron chi connectivity index (χ1n) is 11.4. The van der Waals surface area contributed by atoms with Crippen molar-refractivity contribution < 1.29 is 19.0 Å². The highest BCUT2D eigenvalue weighted by molar-refractivity contribution is 5.91. The van der Waals surface area contributed by atoms with Crippen molar-refractivity contribution in [1.82, 2.24) is 0 Å². The van der Waals surface area contributed by atoms with Gasteiger partial charge in [0.05, 0.1) is 19.3 Å². The van der Waals surface area contributed by atoms with Crippen LogP contribution in [0.3, 0.4) is 0 Å². The van der Waals surface area contributed by atoms with Crippen molar-refractivity contribution in [3.63, 3.8) is 0 Å². The minimum Gasteiger partial charge on any atom is -0.494 e. The number of unbranched alkanes of at least 4 members (excludes halogenated alkanes) is 7. The van der Waals surface area contributed by atoms with Gasteiger partial charge in [-0.3, -0.25) is 0 Å². The number of hydrogen-bond donors (Lipinski definition) is 0. The monoisotopic (exact) mass is 424 g/mol. The fourth-order valence-electron chi connectivity index (χ4n) is 3.36. The van der Waals surface area contributed by atoms with Crippen LogP contribution in [0.15, 0.2) is 55.1 Å². The smallest absolute Gasteiger partial charge is 0.343 e. The number of carbonyl (C=O) groups excluding carboxylic acids is 1. The molecule has 0 atom stereocenters. The van der Waals surface area contributed by atoms with Crippen molar-refractivity contribution >= 4 is 5.97 Å². The molecule has 0 bridgehead atoms. The molecule has 2 rings (SSSR count). The summed E-state index contributed by atoms with van der Waals surface area (Å²) < 4.78 is 16.7. The van der Waals surface area contributed by atoms with Gasteiger partial charge >= 0.3 is 5.97 Å². The zero-order valence-electron chi connectivity index (χ0n) is 19.0. The molecule has 0 saturated heterocycles. The lowest BCUT2D eigenvalue weighted by Gasteiger charge is -2.11. The first kappa shape index (κ1) is 24.5. The summed E-state index contributed by atoms with van der Waals surface area (Å²) in [5.41, 5.74) is 1.52. The Bertz CT molecular complexity index is 795. The average Bonchev–Trinajstić information content (AvgIpc) is 2.79. The van der Waals surface area contributed by atoms with E-state index in [-0.39, 0.29) is 0 Å². The highest BCUT2D eigenvalue weighted by atomic mass is 16.6. The van der Waals surface area contributed by atoms with Crippen molar-refractivity contribution in [3.8, 4) is 17.2 Å². The third-order valence-electron chi connectivity index (χ3n) is 5.17. The average molecular weight is 425 g/mol. The zero-order chi connectivity index (χ0) is 22.3. The molecule has 2 aromatic carbocycles. The molecule has 4 nitrogen and oxygen atoms in total. The van der Waals surface area contributed by atoms with E-state index in [0.717, 1.165) is 24.2 Å². The van der Waals surface area contributed by atoms with Gasteiger partial charge in [-0.2, -0.15) is 0 Å². The molecule has 31 heavy (non-hydrogen) atoms. The number of benzene rings is 2. The summed E-state index contributed by atoms with van der Waals surface area (Å²) in [6, 6.07) is 12.6. The van der Waals surface area contributed by atoms with E-state index in [1.165, 1.54) is 44.9 Å². The standard InChI is InChI=1S/C27H36O4/c1-4-6-7-8-9-10-11-12-20-30-24-17-15-23(16-18-24)27(28)31-25-19-14-22(13-5-2)21-26(25)29-3/h5,14-19,21H,2,4,6-13,20H2,1,3H3. The lowest BCUT2D eigenvalue weighted by molar-refractivity contribution is 0.0729. The number of hydrogen-bond acceptors (Lipinski definition) is 4. The molecule has 2 aromatic rings. The number of carbonyl (C=O) groups is 1. The molecule has 0 heterocycles. The normalized spacial score (nSPS) is 10.5. The van der Waals surface area contributed by atoms with Crippen LogP contribution in [0.2, 0.25) is 0 Å². The highest BCUT2D eigenvalue weighted by Crippen LogP contribution is 2.29. The largest absolute Gasteiger partial charge is 0.494 e. The van der Waals surface area contributed by atoms with E-state index in [4.69, 9.17) is 14.2 Å². The van der Waals surface area contributed by atoms with Crippen molar-refractivity contribution in [2.45, 2.75) is 64.7 Å². The molecule has 0 amide bonds. The number of rotatable bonds is 15. The van der Waals surface area contributed by atoms with E-state index in [1.54, 1.807) is 25.3 Å². The molecule has 0 fully saturated rings. The van der Waals surface area contributed by atoms with Crippen molar-refractivity contribution in [2.75, 3.05) is 13.7 Å². The second kappa shape index (κ2) is 14.3. The van der Waals surface area contributed by atoms with Crippen LogP contribution in [0, 0.1) is 0 Å². The molecular weight excluding hydrogens is 388 g/mol. The predicted molar refractivity (Wildman–Crippen MR) is 126 cm³/mol. The second-order valence-corrected chi connectivity index (χ2v) is 7.72. The van der Waals surface area contributed by atoms with Crippen molar-refractivity contribution in [2.24, 2.45) is 0 Å². The quantitative estimate of drug-likeness (QED) is 0.132. The minimum absolute atomic E-state index is 0.398. The lowest BCUT2D eigenvalue weighted by Crippen LogP contribution is -2.09. The summed E-state index contributed by atoms with van der Waals surface area (Å²) in [6.45, 7) is 6.68. The van der Waals surface area contributed by atoms with Gasteiger partial charge in [-0.1, -0.05) is 64.0 Å². The highest BCUT2D eigenvalue weighted by Gasteiger charge is 2.13. The zero-order valence-corrected chi connectivity index (χ0v) is 19.0. The van der Waals surface area contributed by atoms with Gasteiger partial charge in [0.2, 0.25) is 0 Å². The second-order valence-electron chi connectivity index (χ2n) is 7.72. The van der Waals surface area contributed by atoms with Crippen LogP contribution < -0.4 is 14.2 Å². The van der Waals surface area contributed by atoms with Gasteiger partial charge < -0.3 is 14.2 Å². The van der Waals surface area contributed by atoms with E-state index in [2.05, 4.69) is 13.5 Å². The molecule has 0 N–H and O–H groups in total. The Morgan fingerprint density at radius 1 is 0.903 bits per heavy atom. The maximum Gasteiger partial charge on any atom is 0.343 e. The molecule has 0 radical (unpaired) electrons.